The van der Waals surface area contributed by atoms with Gasteiger partial charge in [0.05, 0.1) is 5.41 Å². The van der Waals surface area contributed by atoms with Crippen LogP contribution in [-0.4, -0.2) is 29.8 Å². The van der Waals surface area contributed by atoms with Crippen molar-refractivity contribution in [2.24, 2.45) is 5.41 Å². The minimum Gasteiger partial charge on any atom is -0.351 e. The van der Waals surface area contributed by atoms with Crippen LogP contribution in [0.1, 0.15) is 41.3 Å². The Morgan fingerprint density at radius 2 is 1.77 bits per heavy atom. The molecule has 0 aliphatic carbocycles. The van der Waals surface area contributed by atoms with Crippen molar-refractivity contribution in [3.63, 3.8) is 0 Å². The lowest BCUT2D eigenvalue weighted by atomic mass is 9.80. The highest BCUT2D eigenvalue weighted by atomic mass is 16.2. The van der Waals surface area contributed by atoms with Gasteiger partial charge in [-0.3, -0.25) is 9.59 Å². The van der Waals surface area contributed by atoms with Crippen molar-refractivity contribution < 1.29 is 9.59 Å². The summed E-state index contributed by atoms with van der Waals surface area (Å²) >= 11 is 0. The van der Waals surface area contributed by atoms with Crippen LogP contribution in [0.25, 0.3) is 0 Å². The van der Waals surface area contributed by atoms with E-state index in [0.29, 0.717) is 25.2 Å². The van der Waals surface area contributed by atoms with E-state index in [1.165, 1.54) is 0 Å². The first-order valence-electron chi connectivity index (χ1n) is 9.16. The molecule has 4 heteroatoms. The molecule has 4 nitrogen and oxygen atoms in total. The van der Waals surface area contributed by atoms with Crippen LogP contribution in [0, 0.1) is 12.3 Å². The number of nitrogens with zero attached hydrogens (tertiary/aromatic N) is 1. The van der Waals surface area contributed by atoms with Gasteiger partial charge in [0.25, 0.3) is 5.91 Å². The zero-order valence-corrected chi connectivity index (χ0v) is 15.5. The molecule has 0 bridgehead atoms. The highest BCUT2D eigenvalue weighted by Gasteiger charge is 2.39. The number of carbonyl (C=O) groups excluding carboxylic acids is 2. The largest absolute Gasteiger partial charge is 0.351 e. The third-order valence-corrected chi connectivity index (χ3v) is 5.13. The Hall–Kier alpha value is -2.62. The van der Waals surface area contributed by atoms with Crippen molar-refractivity contribution in [3.8, 4) is 0 Å². The first kappa shape index (κ1) is 18.2. The van der Waals surface area contributed by atoms with Crippen LogP contribution < -0.4 is 5.32 Å². The molecule has 0 spiro atoms. The summed E-state index contributed by atoms with van der Waals surface area (Å²) < 4.78 is 0. The van der Waals surface area contributed by atoms with Gasteiger partial charge in [0.2, 0.25) is 5.91 Å². The first-order chi connectivity index (χ1) is 12.5. The van der Waals surface area contributed by atoms with Gasteiger partial charge in [0.1, 0.15) is 0 Å². The highest BCUT2D eigenvalue weighted by molar-refractivity contribution is 5.95. The molecule has 26 heavy (non-hydrogen) atoms. The Morgan fingerprint density at radius 1 is 1.08 bits per heavy atom. The van der Waals surface area contributed by atoms with Crippen LogP contribution in [-0.2, 0) is 11.3 Å². The van der Waals surface area contributed by atoms with Crippen molar-refractivity contribution >= 4 is 11.8 Å². The summed E-state index contributed by atoms with van der Waals surface area (Å²) in [5.41, 5.74) is 2.34. The highest BCUT2D eigenvalue weighted by Crippen LogP contribution is 2.30. The normalized spacial score (nSPS) is 19.8. The molecule has 2 amide bonds. The van der Waals surface area contributed by atoms with Crippen molar-refractivity contribution in [3.05, 3.63) is 71.3 Å². The molecule has 136 valence electrons. The molecule has 0 unspecified atom stereocenters. The van der Waals surface area contributed by atoms with E-state index < -0.39 is 5.41 Å². The van der Waals surface area contributed by atoms with E-state index in [-0.39, 0.29) is 11.8 Å². The van der Waals surface area contributed by atoms with E-state index in [1.807, 2.05) is 73.3 Å². The van der Waals surface area contributed by atoms with E-state index in [1.54, 1.807) is 0 Å². The van der Waals surface area contributed by atoms with Gasteiger partial charge < -0.3 is 10.2 Å². The third kappa shape index (κ3) is 4.13. The number of benzene rings is 2. The van der Waals surface area contributed by atoms with Crippen LogP contribution in [0.4, 0.5) is 0 Å². The zero-order valence-electron chi connectivity index (χ0n) is 15.5. The van der Waals surface area contributed by atoms with E-state index >= 15 is 0 Å². The molecule has 0 saturated carbocycles. The Labute approximate surface area is 155 Å². The fraction of sp³-hybridized carbons (Fsp3) is 0.364. The Kier molecular flexibility index (Phi) is 5.40. The monoisotopic (exact) mass is 350 g/mol. The summed E-state index contributed by atoms with van der Waals surface area (Å²) in [5.74, 6) is 0.0227. The number of carbonyl (C=O) groups is 2. The average Bonchev–Trinajstić information content (AvgIpc) is 2.67. The predicted molar refractivity (Wildman–Crippen MR) is 103 cm³/mol. The lowest BCUT2D eigenvalue weighted by Crippen LogP contribution is -2.51. The summed E-state index contributed by atoms with van der Waals surface area (Å²) in [7, 11) is 0. The number of amides is 2. The molecule has 1 aliphatic rings. The molecule has 1 aliphatic heterocycles. The van der Waals surface area contributed by atoms with Crippen molar-refractivity contribution in [2.75, 3.05) is 13.1 Å². The van der Waals surface area contributed by atoms with Crippen LogP contribution in [0.5, 0.6) is 0 Å². The molecule has 2 aromatic carbocycles. The molecule has 1 fully saturated rings. The molecular formula is C22H26N2O2. The number of hydrogen-bond donors (Lipinski definition) is 1. The van der Waals surface area contributed by atoms with Crippen molar-refractivity contribution in [2.45, 2.75) is 33.2 Å². The number of nitrogens with one attached hydrogen (secondary N) is 1. The van der Waals surface area contributed by atoms with Gasteiger partial charge in [-0.1, -0.05) is 48.0 Å². The molecule has 0 aromatic heterocycles. The van der Waals surface area contributed by atoms with Crippen LogP contribution in [0.3, 0.4) is 0 Å². The second kappa shape index (κ2) is 7.73. The Morgan fingerprint density at radius 3 is 2.46 bits per heavy atom. The maximum Gasteiger partial charge on any atom is 0.253 e. The van der Waals surface area contributed by atoms with Crippen LogP contribution in [0.15, 0.2) is 54.6 Å². The van der Waals surface area contributed by atoms with E-state index in [4.69, 9.17) is 0 Å². The van der Waals surface area contributed by atoms with Gasteiger partial charge in [0.15, 0.2) is 0 Å². The number of rotatable bonds is 4. The average molecular weight is 350 g/mol. The molecule has 2 aromatic rings. The van der Waals surface area contributed by atoms with Crippen LogP contribution in [0.2, 0.25) is 0 Å². The number of piperidine rings is 1. The minimum atomic E-state index is -0.548. The Balaban J connectivity index is 1.64. The number of likely N-dealkylation sites (tertiary alicyclic amines) is 1. The van der Waals surface area contributed by atoms with Crippen LogP contribution >= 0.6 is 0 Å². The zero-order chi connectivity index (χ0) is 18.6. The number of aryl methyl sites for hydroxylation is 1. The van der Waals surface area contributed by atoms with Crippen molar-refractivity contribution in [1.82, 2.24) is 10.2 Å². The van der Waals surface area contributed by atoms with E-state index in [9.17, 15) is 9.59 Å². The lowest BCUT2D eigenvalue weighted by molar-refractivity contribution is -0.132. The fourth-order valence-electron chi connectivity index (χ4n) is 3.47. The lowest BCUT2D eigenvalue weighted by Gasteiger charge is -2.39. The summed E-state index contributed by atoms with van der Waals surface area (Å²) in [6.07, 6.45) is 1.64. The van der Waals surface area contributed by atoms with Gasteiger partial charge in [-0.15, -0.1) is 0 Å². The molecule has 1 N–H and O–H groups in total. The fourth-order valence-corrected chi connectivity index (χ4v) is 3.47. The summed E-state index contributed by atoms with van der Waals surface area (Å²) in [4.78, 5) is 27.4. The maximum absolute atomic E-state index is 12.8. The predicted octanol–water partition coefficient (Wildman–Crippen LogP) is 3.55. The minimum absolute atomic E-state index is 0.00628. The summed E-state index contributed by atoms with van der Waals surface area (Å²) in [6.45, 7) is 5.64. The number of hydrogen-bond acceptors (Lipinski definition) is 2. The molecule has 1 atom stereocenters. The second-order valence-corrected chi connectivity index (χ2v) is 7.43. The van der Waals surface area contributed by atoms with Gasteiger partial charge >= 0.3 is 0 Å². The van der Waals surface area contributed by atoms with Crippen molar-refractivity contribution in [1.29, 1.82) is 0 Å². The SMILES string of the molecule is Cc1ccc(C(=O)N2CCC[C@@](C)(C(=O)NCc3ccccc3)C2)cc1. The van der Waals surface area contributed by atoms with E-state index in [0.717, 1.165) is 24.0 Å². The van der Waals surface area contributed by atoms with Gasteiger partial charge in [-0.25, -0.2) is 0 Å². The smallest absolute Gasteiger partial charge is 0.253 e. The molecule has 3 rings (SSSR count). The molecule has 1 saturated heterocycles. The van der Waals surface area contributed by atoms with E-state index in [2.05, 4.69) is 5.32 Å². The quantitative estimate of drug-likeness (QED) is 0.917. The standard InChI is InChI=1S/C22H26N2O2/c1-17-9-11-19(12-10-17)20(25)24-14-6-13-22(2,16-24)21(26)23-15-18-7-4-3-5-8-18/h3-5,7-12H,6,13-16H2,1-2H3,(H,23,26)/t22-/m1/s1. The summed E-state index contributed by atoms with van der Waals surface area (Å²) in [6, 6.07) is 17.5. The molecule has 1 heterocycles. The van der Waals surface area contributed by atoms with Gasteiger partial charge in [-0.05, 0) is 44.4 Å². The summed E-state index contributed by atoms with van der Waals surface area (Å²) in [5, 5.41) is 3.04. The maximum atomic E-state index is 12.8. The molecule has 0 radical (unpaired) electrons. The third-order valence-electron chi connectivity index (χ3n) is 5.13. The van der Waals surface area contributed by atoms with Gasteiger partial charge in [-0.2, -0.15) is 0 Å². The van der Waals surface area contributed by atoms with Gasteiger partial charge in [0, 0.05) is 25.2 Å². The second-order valence-electron chi connectivity index (χ2n) is 7.43. The first-order valence-corrected chi connectivity index (χ1v) is 9.16. The Bertz CT molecular complexity index is 770. The topological polar surface area (TPSA) is 49.4 Å². The molecular weight excluding hydrogens is 324 g/mol.